The zero-order chi connectivity index (χ0) is 15.6. The fourth-order valence-electron chi connectivity index (χ4n) is 2.26. The van der Waals surface area contributed by atoms with E-state index in [1.54, 1.807) is 11.0 Å². The molecule has 0 aromatic heterocycles. The molecule has 1 aliphatic rings. The first-order valence-electron chi connectivity index (χ1n) is 6.31. The van der Waals surface area contributed by atoms with Gasteiger partial charge in [-0.05, 0) is 12.1 Å². The Morgan fingerprint density at radius 1 is 1.43 bits per heavy atom. The van der Waals surface area contributed by atoms with Crippen LogP contribution >= 0.6 is 11.8 Å². The highest BCUT2D eigenvalue weighted by atomic mass is 32.2. The molecule has 1 amide bonds. The second-order valence-electron chi connectivity index (χ2n) is 4.63. The molecule has 21 heavy (non-hydrogen) atoms. The van der Waals surface area contributed by atoms with Crippen LogP contribution in [0.2, 0.25) is 0 Å². The molecule has 1 unspecified atom stereocenters. The van der Waals surface area contributed by atoms with E-state index in [1.165, 1.54) is 26.2 Å². The molecule has 1 atom stereocenters. The van der Waals surface area contributed by atoms with Crippen molar-refractivity contribution in [2.75, 3.05) is 18.6 Å². The highest BCUT2D eigenvalue weighted by molar-refractivity contribution is 8.14. The van der Waals surface area contributed by atoms with Crippen LogP contribution in [-0.4, -0.2) is 41.0 Å². The van der Waals surface area contributed by atoms with Crippen molar-refractivity contribution >= 4 is 34.4 Å². The van der Waals surface area contributed by atoms with Crippen molar-refractivity contribution in [2.24, 2.45) is 0 Å². The number of carboxylic acids is 1. The van der Waals surface area contributed by atoms with Crippen molar-refractivity contribution in [3.05, 3.63) is 23.8 Å². The van der Waals surface area contributed by atoms with Gasteiger partial charge in [-0.25, -0.2) is 4.79 Å². The molecule has 0 aliphatic carbocycles. The maximum atomic E-state index is 12.0. The average Bonchev–Trinajstić information content (AvgIpc) is 2.77. The van der Waals surface area contributed by atoms with E-state index in [4.69, 9.17) is 9.84 Å². The number of anilines is 1. The van der Waals surface area contributed by atoms with Crippen LogP contribution in [0.3, 0.4) is 0 Å². The number of carboxylic acid groups (broad SMARTS) is 1. The lowest BCUT2D eigenvalue weighted by Gasteiger charge is -2.18. The lowest BCUT2D eigenvalue weighted by Crippen LogP contribution is -2.25. The number of hydrogen-bond donors (Lipinski definition) is 1. The lowest BCUT2D eigenvalue weighted by atomic mass is 10.1. The fraction of sp³-hybridized carbons (Fsp3) is 0.357. The van der Waals surface area contributed by atoms with E-state index in [0.717, 1.165) is 11.8 Å². The molecule has 7 heteroatoms. The zero-order valence-electron chi connectivity index (χ0n) is 11.7. The van der Waals surface area contributed by atoms with Gasteiger partial charge in [0.15, 0.2) is 5.12 Å². The van der Waals surface area contributed by atoms with Crippen LogP contribution in [0.1, 0.15) is 23.7 Å². The Morgan fingerprint density at radius 3 is 2.71 bits per heavy atom. The minimum atomic E-state index is -1.09. The van der Waals surface area contributed by atoms with Crippen molar-refractivity contribution in [3.8, 4) is 5.75 Å². The van der Waals surface area contributed by atoms with Crippen molar-refractivity contribution < 1.29 is 24.2 Å². The summed E-state index contributed by atoms with van der Waals surface area (Å²) < 4.78 is 5.06. The molecule has 0 spiro atoms. The topological polar surface area (TPSA) is 83.9 Å². The number of carbonyl (C=O) groups excluding carboxylic acids is 2. The molecule has 0 bridgehead atoms. The third kappa shape index (κ3) is 3.36. The summed E-state index contributed by atoms with van der Waals surface area (Å²) >= 11 is 1.16. The molecule has 1 saturated heterocycles. The van der Waals surface area contributed by atoms with Crippen LogP contribution in [0, 0.1) is 0 Å². The molecule has 1 N–H and O–H groups in total. The van der Waals surface area contributed by atoms with Crippen LogP contribution in [0.15, 0.2) is 18.2 Å². The van der Waals surface area contributed by atoms with Crippen molar-refractivity contribution in [1.29, 1.82) is 0 Å². The smallest absolute Gasteiger partial charge is 0.339 e. The first-order chi connectivity index (χ1) is 9.92. The van der Waals surface area contributed by atoms with Gasteiger partial charge in [0, 0.05) is 36.9 Å². The Balaban J connectivity index is 2.24. The quantitative estimate of drug-likeness (QED) is 0.912. The van der Waals surface area contributed by atoms with E-state index >= 15 is 0 Å². The number of hydrogen-bond acceptors (Lipinski definition) is 5. The standard InChI is InChI=1S/C14H15NO5S/c1-8(16)21-10-6-13(17)15(7-10)9-3-4-11(14(18)19)12(5-9)20-2/h3-5,10H,6-7H2,1-2H3,(H,18,19). The number of benzene rings is 1. The molecule has 0 radical (unpaired) electrons. The van der Waals surface area contributed by atoms with Gasteiger partial charge in [-0.3, -0.25) is 9.59 Å². The molecule has 0 saturated carbocycles. The van der Waals surface area contributed by atoms with E-state index in [1.807, 2.05) is 0 Å². The zero-order valence-corrected chi connectivity index (χ0v) is 12.5. The molecule has 1 heterocycles. The Bertz CT molecular complexity index is 601. The van der Waals surface area contributed by atoms with Gasteiger partial charge in [0.25, 0.3) is 0 Å². The number of thioether (sulfide) groups is 1. The number of methoxy groups -OCH3 is 1. The number of amides is 1. The summed E-state index contributed by atoms with van der Waals surface area (Å²) in [5.74, 6) is -0.967. The van der Waals surface area contributed by atoms with Gasteiger partial charge >= 0.3 is 5.97 Å². The summed E-state index contributed by atoms with van der Waals surface area (Å²) in [6, 6.07) is 4.52. The molecule has 2 rings (SSSR count). The number of carbonyl (C=O) groups is 3. The van der Waals surface area contributed by atoms with E-state index in [2.05, 4.69) is 0 Å². The van der Waals surface area contributed by atoms with Gasteiger partial charge in [0.2, 0.25) is 5.91 Å². The highest BCUT2D eigenvalue weighted by Gasteiger charge is 2.32. The second-order valence-corrected chi connectivity index (χ2v) is 6.11. The average molecular weight is 309 g/mol. The summed E-state index contributed by atoms with van der Waals surface area (Å²) in [6.45, 7) is 1.90. The van der Waals surface area contributed by atoms with E-state index in [0.29, 0.717) is 18.7 Å². The third-order valence-corrected chi connectivity index (χ3v) is 4.13. The Hall–Kier alpha value is -2.02. The molecule has 1 fully saturated rings. The summed E-state index contributed by atoms with van der Waals surface area (Å²) in [7, 11) is 1.38. The lowest BCUT2D eigenvalue weighted by molar-refractivity contribution is -0.117. The van der Waals surface area contributed by atoms with Crippen molar-refractivity contribution in [2.45, 2.75) is 18.6 Å². The minimum Gasteiger partial charge on any atom is -0.496 e. The van der Waals surface area contributed by atoms with Gasteiger partial charge < -0.3 is 14.7 Å². The van der Waals surface area contributed by atoms with E-state index in [-0.39, 0.29) is 27.6 Å². The molecular formula is C14H15NO5S. The number of aromatic carboxylic acids is 1. The molecule has 1 aromatic carbocycles. The summed E-state index contributed by atoms with van der Waals surface area (Å²) in [5, 5.41) is 8.96. The van der Waals surface area contributed by atoms with Crippen LogP contribution < -0.4 is 9.64 Å². The summed E-state index contributed by atoms with van der Waals surface area (Å²) in [6.07, 6.45) is 0.299. The predicted octanol–water partition coefficient (Wildman–Crippen LogP) is 1.78. The van der Waals surface area contributed by atoms with Gasteiger partial charge in [-0.1, -0.05) is 11.8 Å². The van der Waals surface area contributed by atoms with Crippen LogP contribution in [-0.2, 0) is 9.59 Å². The van der Waals surface area contributed by atoms with Gasteiger partial charge in [-0.15, -0.1) is 0 Å². The summed E-state index contributed by atoms with van der Waals surface area (Å²) in [5.41, 5.74) is 0.621. The summed E-state index contributed by atoms with van der Waals surface area (Å²) in [4.78, 5) is 35.7. The number of rotatable bonds is 4. The number of ether oxygens (including phenoxy) is 1. The van der Waals surface area contributed by atoms with Crippen molar-refractivity contribution in [3.63, 3.8) is 0 Å². The maximum Gasteiger partial charge on any atom is 0.339 e. The van der Waals surface area contributed by atoms with Gasteiger partial charge in [0.1, 0.15) is 11.3 Å². The highest BCUT2D eigenvalue weighted by Crippen LogP contribution is 2.32. The first kappa shape index (κ1) is 15.4. The van der Waals surface area contributed by atoms with Crippen LogP contribution in [0.4, 0.5) is 5.69 Å². The first-order valence-corrected chi connectivity index (χ1v) is 7.19. The Kier molecular flexibility index (Phi) is 4.52. The monoisotopic (exact) mass is 309 g/mol. The SMILES string of the molecule is COc1cc(N2CC(SC(C)=O)CC2=O)ccc1C(=O)O. The van der Waals surface area contributed by atoms with Gasteiger partial charge in [-0.2, -0.15) is 0 Å². The van der Waals surface area contributed by atoms with Crippen molar-refractivity contribution in [1.82, 2.24) is 0 Å². The molecular weight excluding hydrogens is 294 g/mol. The molecule has 112 valence electrons. The minimum absolute atomic E-state index is 0.0199. The van der Waals surface area contributed by atoms with E-state index in [9.17, 15) is 14.4 Å². The third-order valence-electron chi connectivity index (χ3n) is 3.15. The fourth-order valence-corrected chi connectivity index (χ4v) is 3.18. The normalized spacial score (nSPS) is 17.9. The number of nitrogens with zero attached hydrogens (tertiary/aromatic N) is 1. The predicted molar refractivity (Wildman–Crippen MR) is 79.0 cm³/mol. The second kappa shape index (κ2) is 6.17. The Morgan fingerprint density at radius 2 is 2.14 bits per heavy atom. The van der Waals surface area contributed by atoms with Gasteiger partial charge in [0.05, 0.1) is 7.11 Å². The molecule has 6 nitrogen and oxygen atoms in total. The van der Waals surface area contributed by atoms with Crippen LogP contribution in [0.25, 0.3) is 0 Å². The maximum absolute atomic E-state index is 12.0. The van der Waals surface area contributed by atoms with E-state index < -0.39 is 5.97 Å². The molecule has 1 aromatic rings. The largest absolute Gasteiger partial charge is 0.496 e. The molecule has 1 aliphatic heterocycles. The van der Waals surface area contributed by atoms with Crippen LogP contribution in [0.5, 0.6) is 5.75 Å². The Labute approximate surface area is 126 Å².